The zero-order valence-corrected chi connectivity index (χ0v) is 15.1. The molecule has 0 aromatic heterocycles. The van der Waals surface area contributed by atoms with Crippen LogP contribution in [0, 0.1) is 0 Å². The number of aromatic hydroxyl groups is 4. The third-order valence-corrected chi connectivity index (χ3v) is 4.58. The highest BCUT2D eigenvalue weighted by atomic mass is 79.9. The van der Waals surface area contributed by atoms with E-state index in [0.29, 0.717) is 6.42 Å². The lowest BCUT2D eigenvalue weighted by Crippen LogP contribution is -2.36. The van der Waals surface area contributed by atoms with E-state index >= 15 is 0 Å². The lowest BCUT2D eigenvalue weighted by atomic mass is 9.88. The zero-order valence-electron chi connectivity index (χ0n) is 13.4. The van der Waals surface area contributed by atoms with Gasteiger partial charge in [0.05, 0.1) is 0 Å². The monoisotopic (exact) mass is 395 g/mol. The number of nitrogens with zero attached hydrogens (tertiary/aromatic N) is 1. The fraction of sp³-hybridized carbons (Fsp3) is 0.333. The van der Waals surface area contributed by atoms with E-state index in [1.807, 2.05) is 0 Å². The summed E-state index contributed by atoms with van der Waals surface area (Å²) < 4.78 is 0. The third-order valence-electron chi connectivity index (χ3n) is 4.58. The first-order valence-corrected chi connectivity index (χ1v) is 7.79. The van der Waals surface area contributed by atoms with Gasteiger partial charge in [0.25, 0.3) is 0 Å². The average Bonchev–Trinajstić information content (AvgIpc) is 2.53. The number of benzene rings is 2. The molecule has 2 aromatic carbocycles. The summed E-state index contributed by atoms with van der Waals surface area (Å²) in [6.45, 7) is 3.84. The van der Waals surface area contributed by atoms with Crippen LogP contribution in [0.15, 0.2) is 30.3 Å². The van der Waals surface area contributed by atoms with E-state index < -0.39 is 0 Å². The molecule has 0 fully saturated rings. The molecule has 1 aliphatic heterocycles. The van der Waals surface area contributed by atoms with Crippen LogP contribution in [0.2, 0.25) is 0 Å². The van der Waals surface area contributed by atoms with Gasteiger partial charge in [-0.3, -0.25) is 4.90 Å². The van der Waals surface area contributed by atoms with E-state index in [1.165, 1.54) is 6.07 Å². The smallest absolute Gasteiger partial charge is 0.157 e. The summed E-state index contributed by atoms with van der Waals surface area (Å²) in [6.07, 6.45) is 1.48. The van der Waals surface area contributed by atoms with Gasteiger partial charge in [-0.05, 0) is 60.3 Å². The van der Waals surface area contributed by atoms with Gasteiger partial charge >= 0.3 is 0 Å². The summed E-state index contributed by atoms with van der Waals surface area (Å²) in [4.78, 5) is 2.31. The van der Waals surface area contributed by atoms with E-state index in [2.05, 4.69) is 11.8 Å². The molecule has 3 rings (SSSR count). The number of rotatable bonds is 3. The molecule has 130 valence electrons. The van der Waals surface area contributed by atoms with Gasteiger partial charge in [0.1, 0.15) is 0 Å². The maximum Gasteiger partial charge on any atom is 0.157 e. The Morgan fingerprint density at radius 3 is 2.29 bits per heavy atom. The molecule has 1 atom stereocenters. The van der Waals surface area contributed by atoms with Gasteiger partial charge in [0, 0.05) is 12.6 Å². The van der Waals surface area contributed by atoms with Crippen molar-refractivity contribution in [1.29, 1.82) is 0 Å². The van der Waals surface area contributed by atoms with Crippen LogP contribution in [0.1, 0.15) is 29.7 Å². The van der Waals surface area contributed by atoms with E-state index in [0.717, 1.165) is 36.2 Å². The topological polar surface area (TPSA) is 84.2 Å². The molecule has 0 amide bonds. The highest BCUT2D eigenvalue weighted by Crippen LogP contribution is 2.39. The van der Waals surface area contributed by atoms with E-state index in [-0.39, 0.29) is 46.0 Å². The van der Waals surface area contributed by atoms with Crippen LogP contribution >= 0.6 is 17.0 Å². The van der Waals surface area contributed by atoms with E-state index in [9.17, 15) is 20.4 Å². The van der Waals surface area contributed by atoms with Crippen molar-refractivity contribution in [2.24, 2.45) is 0 Å². The van der Waals surface area contributed by atoms with Crippen molar-refractivity contribution in [3.8, 4) is 23.0 Å². The van der Waals surface area contributed by atoms with Gasteiger partial charge in [-0.2, -0.15) is 0 Å². The molecular weight excluding hydrogens is 374 g/mol. The fourth-order valence-corrected chi connectivity index (χ4v) is 3.32. The minimum Gasteiger partial charge on any atom is -0.504 e. The van der Waals surface area contributed by atoms with Crippen molar-refractivity contribution < 1.29 is 20.4 Å². The summed E-state index contributed by atoms with van der Waals surface area (Å²) in [5.74, 6) is -0.460. The van der Waals surface area contributed by atoms with Gasteiger partial charge < -0.3 is 20.4 Å². The van der Waals surface area contributed by atoms with Crippen molar-refractivity contribution in [3.05, 3.63) is 47.0 Å². The molecular formula is C18H22BrNO4. The highest BCUT2D eigenvalue weighted by molar-refractivity contribution is 8.93. The molecule has 0 bridgehead atoms. The van der Waals surface area contributed by atoms with Crippen molar-refractivity contribution in [1.82, 2.24) is 4.90 Å². The molecule has 4 N–H and O–H groups in total. The summed E-state index contributed by atoms with van der Waals surface area (Å²) in [5, 5.41) is 38.7. The Kier molecular flexibility index (Phi) is 5.62. The highest BCUT2D eigenvalue weighted by Gasteiger charge is 2.28. The van der Waals surface area contributed by atoms with Crippen LogP contribution in [0.25, 0.3) is 0 Å². The Balaban J connectivity index is 0.00000208. The first-order chi connectivity index (χ1) is 11.0. The zero-order chi connectivity index (χ0) is 16.6. The molecule has 1 aliphatic rings. The van der Waals surface area contributed by atoms with Crippen molar-refractivity contribution in [2.75, 3.05) is 13.1 Å². The molecule has 1 heterocycles. The molecule has 0 spiro atoms. The minimum absolute atomic E-state index is 0. The largest absolute Gasteiger partial charge is 0.504 e. The average molecular weight is 396 g/mol. The number of hydrogen-bond acceptors (Lipinski definition) is 5. The van der Waals surface area contributed by atoms with Gasteiger partial charge in [0.2, 0.25) is 0 Å². The van der Waals surface area contributed by atoms with E-state index in [1.54, 1.807) is 24.3 Å². The summed E-state index contributed by atoms with van der Waals surface area (Å²) in [5.41, 5.74) is 2.95. The van der Waals surface area contributed by atoms with E-state index in [4.69, 9.17) is 0 Å². The lowest BCUT2D eigenvalue weighted by molar-refractivity contribution is 0.193. The number of phenolic OH excluding ortho intramolecular Hbond substituents is 4. The molecule has 0 radical (unpaired) electrons. The molecule has 0 saturated carbocycles. The van der Waals surface area contributed by atoms with Crippen molar-refractivity contribution in [2.45, 2.75) is 25.8 Å². The Hall–Kier alpha value is -1.92. The maximum absolute atomic E-state index is 9.86. The van der Waals surface area contributed by atoms with Gasteiger partial charge in [-0.15, -0.1) is 17.0 Å². The van der Waals surface area contributed by atoms with Crippen LogP contribution < -0.4 is 0 Å². The molecule has 1 unspecified atom stereocenters. The van der Waals surface area contributed by atoms with Gasteiger partial charge in [-0.1, -0.05) is 13.0 Å². The predicted molar refractivity (Wildman–Crippen MR) is 97.3 cm³/mol. The number of halogens is 1. The third kappa shape index (κ3) is 3.44. The van der Waals surface area contributed by atoms with Crippen LogP contribution in [0.3, 0.4) is 0 Å². The maximum atomic E-state index is 9.86. The van der Waals surface area contributed by atoms with Crippen molar-refractivity contribution in [3.63, 3.8) is 0 Å². The Morgan fingerprint density at radius 1 is 0.958 bits per heavy atom. The van der Waals surface area contributed by atoms with Crippen LogP contribution in [-0.2, 0) is 12.8 Å². The Labute approximate surface area is 151 Å². The first kappa shape index (κ1) is 18.4. The Morgan fingerprint density at radius 2 is 1.62 bits per heavy atom. The number of hydrogen-bond donors (Lipinski definition) is 4. The molecule has 5 nitrogen and oxygen atoms in total. The molecule has 6 heteroatoms. The lowest BCUT2D eigenvalue weighted by Gasteiger charge is -2.37. The fourth-order valence-electron chi connectivity index (χ4n) is 3.32. The summed E-state index contributed by atoms with van der Waals surface area (Å²) >= 11 is 0. The molecule has 24 heavy (non-hydrogen) atoms. The van der Waals surface area contributed by atoms with Crippen LogP contribution in [0.5, 0.6) is 23.0 Å². The molecule has 0 aliphatic carbocycles. The summed E-state index contributed by atoms with van der Waals surface area (Å²) in [6, 6.07) is 8.17. The summed E-state index contributed by atoms with van der Waals surface area (Å²) in [7, 11) is 0. The molecule has 0 saturated heterocycles. The number of likely N-dealkylation sites (N-methyl/N-ethyl adjacent to an activating group) is 1. The Bertz CT molecular complexity index is 735. The minimum atomic E-state index is -0.132. The van der Waals surface area contributed by atoms with Crippen LogP contribution in [0.4, 0.5) is 0 Å². The van der Waals surface area contributed by atoms with Crippen molar-refractivity contribution >= 4 is 17.0 Å². The molecule has 2 aromatic rings. The standard InChI is InChI=1S/C18H21NO4.BrH/c1-2-19-6-5-12-9-17(22)18(23)10-13(12)14(19)7-11-3-4-15(20)16(21)8-11;/h3-4,8-10,14,20-23H,2,5-7H2,1H3;1H. The van der Waals surface area contributed by atoms with Crippen LogP contribution in [-0.4, -0.2) is 38.4 Å². The second-order valence-electron chi connectivity index (χ2n) is 5.96. The van der Waals surface area contributed by atoms with Gasteiger partial charge in [0.15, 0.2) is 23.0 Å². The number of fused-ring (bicyclic) bond motifs is 1. The second kappa shape index (κ2) is 7.32. The first-order valence-electron chi connectivity index (χ1n) is 7.79. The van der Waals surface area contributed by atoms with Gasteiger partial charge in [-0.25, -0.2) is 0 Å². The SMILES string of the molecule is Br.CCN1CCc2cc(O)c(O)cc2C1Cc1ccc(O)c(O)c1. The normalized spacial score (nSPS) is 17.1. The second-order valence-corrected chi connectivity index (χ2v) is 5.96. The number of phenols is 4. The predicted octanol–water partition coefficient (Wildman–Crippen LogP) is 3.25. The quantitative estimate of drug-likeness (QED) is 0.599.